The molecule has 6 heteroatoms. The van der Waals surface area contributed by atoms with E-state index in [0.717, 1.165) is 0 Å². The molecule has 0 fully saturated rings. The molecule has 0 aliphatic carbocycles. The molecule has 2 aromatic heterocycles. The Labute approximate surface area is 147 Å². The third kappa shape index (κ3) is 3.69. The number of hydrogen-bond acceptors (Lipinski definition) is 4. The summed E-state index contributed by atoms with van der Waals surface area (Å²) in [5, 5.41) is 4.44. The van der Waals surface area contributed by atoms with E-state index in [4.69, 9.17) is 0 Å². The normalized spacial score (nSPS) is 12.5. The first-order chi connectivity index (χ1) is 12.0. The second kappa shape index (κ2) is 7.03. The second-order valence-corrected chi connectivity index (χ2v) is 7.77. The molecule has 0 radical (unpaired) electrons. The molecule has 0 aliphatic rings. The average molecular weight is 353 g/mol. The molecular weight excluding hydrogens is 334 g/mol. The highest BCUT2D eigenvalue weighted by Gasteiger charge is 2.24. The maximum Gasteiger partial charge on any atom is 0.208 e. The molecule has 0 spiro atoms. The van der Waals surface area contributed by atoms with Crippen molar-refractivity contribution >= 4 is 20.8 Å². The second-order valence-electron chi connectivity index (χ2n) is 5.85. The van der Waals surface area contributed by atoms with Crippen molar-refractivity contribution in [1.29, 1.82) is 0 Å². The Morgan fingerprint density at radius 1 is 1.04 bits per heavy atom. The minimum absolute atomic E-state index is 0.136. The molecule has 0 N–H and O–H groups in total. The van der Waals surface area contributed by atoms with E-state index in [1.807, 2.05) is 19.9 Å². The molecule has 0 aliphatic heterocycles. The lowest BCUT2D eigenvalue weighted by Crippen LogP contribution is -2.07. The van der Waals surface area contributed by atoms with Crippen molar-refractivity contribution in [3.63, 3.8) is 0 Å². The van der Waals surface area contributed by atoms with Crippen LogP contribution in [-0.4, -0.2) is 23.2 Å². The van der Waals surface area contributed by atoms with Gasteiger partial charge in [-0.3, -0.25) is 9.67 Å². The molecule has 128 valence electrons. The molecule has 5 nitrogen and oxygen atoms in total. The van der Waals surface area contributed by atoms with Crippen LogP contribution < -0.4 is 0 Å². The van der Waals surface area contributed by atoms with E-state index in [1.165, 1.54) is 0 Å². The largest absolute Gasteiger partial charge is 0.270 e. The molecule has 0 unspecified atom stereocenters. The van der Waals surface area contributed by atoms with E-state index in [0.29, 0.717) is 11.4 Å². The van der Waals surface area contributed by atoms with Gasteiger partial charge in [0.25, 0.3) is 0 Å². The van der Waals surface area contributed by atoms with Crippen molar-refractivity contribution in [2.24, 2.45) is 0 Å². The summed E-state index contributed by atoms with van der Waals surface area (Å²) < 4.78 is 28.1. The van der Waals surface area contributed by atoms with Crippen LogP contribution in [0.1, 0.15) is 31.3 Å². The smallest absolute Gasteiger partial charge is 0.208 e. The number of sulfone groups is 1. The molecule has 0 saturated heterocycles. The van der Waals surface area contributed by atoms with E-state index in [-0.39, 0.29) is 15.8 Å². The fraction of sp³-hybridized carbons (Fsp3) is 0.158. The molecule has 0 amide bonds. The van der Waals surface area contributed by atoms with Crippen LogP contribution in [0.4, 0.5) is 0 Å². The summed E-state index contributed by atoms with van der Waals surface area (Å²) in [4.78, 5) is 4.59. The molecule has 1 aromatic carbocycles. The minimum Gasteiger partial charge on any atom is -0.270 e. The zero-order valence-corrected chi connectivity index (χ0v) is 14.9. The minimum atomic E-state index is -3.72. The Kier molecular flexibility index (Phi) is 4.81. The maximum atomic E-state index is 13.2. The van der Waals surface area contributed by atoms with Gasteiger partial charge in [-0.1, -0.05) is 24.3 Å². The van der Waals surface area contributed by atoms with Crippen LogP contribution in [0.25, 0.3) is 11.0 Å². The van der Waals surface area contributed by atoms with E-state index in [9.17, 15) is 8.42 Å². The summed E-state index contributed by atoms with van der Waals surface area (Å²) in [6, 6.07) is 15.6. The van der Waals surface area contributed by atoms with E-state index >= 15 is 0 Å². The van der Waals surface area contributed by atoms with E-state index in [2.05, 4.69) is 10.1 Å². The van der Waals surface area contributed by atoms with Crippen LogP contribution in [0.3, 0.4) is 0 Å². The number of aromatic nitrogens is 3. The van der Waals surface area contributed by atoms with Crippen LogP contribution in [0.2, 0.25) is 0 Å². The predicted molar refractivity (Wildman–Crippen MR) is 98.3 cm³/mol. The Hall–Kier alpha value is -2.73. The van der Waals surface area contributed by atoms with Gasteiger partial charge in [0.2, 0.25) is 9.84 Å². The van der Waals surface area contributed by atoms with Crippen LogP contribution >= 0.6 is 0 Å². The zero-order chi connectivity index (χ0) is 17.9. The monoisotopic (exact) mass is 353 g/mol. The third-order valence-corrected chi connectivity index (χ3v) is 5.50. The van der Waals surface area contributed by atoms with Crippen molar-refractivity contribution in [2.45, 2.75) is 24.8 Å². The number of nitrogens with zero attached hydrogens (tertiary/aromatic N) is 3. The van der Waals surface area contributed by atoms with E-state index < -0.39 is 9.84 Å². The summed E-state index contributed by atoms with van der Waals surface area (Å²) in [6.07, 6.45) is 4.98. The van der Waals surface area contributed by atoms with Crippen molar-refractivity contribution in [2.75, 3.05) is 0 Å². The summed E-state index contributed by atoms with van der Waals surface area (Å²) >= 11 is 0. The fourth-order valence-electron chi connectivity index (χ4n) is 2.37. The van der Waals surface area contributed by atoms with Gasteiger partial charge in [0.05, 0.1) is 10.6 Å². The quantitative estimate of drug-likeness (QED) is 0.699. The van der Waals surface area contributed by atoms with Crippen molar-refractivity contribution in [3.05, 3.63) is 78.4 Å². The first-order valence-corrected chi connectivity index (χ1v) is 9.45. The molecule has 0 atom stereocenters. The van der Waals surface area contributed by atoms with Gasteiger partial charge in [0, 0.05) is 18.4 Å². The topological polar surface area (TPSA) is 64.8 Å². The maximum absolute atomic E-state index is 13.2. The highest BCUT2D eigenvalue weighted by atomic mass is 32.2. The summed E-state index contributed by atoms with van der Waals surface area (Å²) in [6.45, 7) is 3.98. The first kappa shape index (κ1) is 17.1. The van der Waals surface area contributed by atoms with Crippen LogP contribution in [-0.2, 0) is 9.84 Å². The Bertz CT molecular complexity index is 976. The molecular formula is C19H19N3O2S. The summed E-state index contributed by atoms with van der Waals surface area (Å²) in [5.41, 5.74) is 0.972. The van der Waals surface area contributed by atoms with Gasteiger partial charge in [-0.15, -0.1) is 0 Å². The molecule has 25 heavy (non-hydrogen) atoms. The van der Waals surface area contributed by atoms with Crippen molar-refractivity contribution in [1.82, 2.24) is 14.8 Å². The van der Waals surface area contributed by atoms with Gasteiger partial charge in [-0.05, 0) is 50.3 Å². The highest BCUT2D eigenvalue weighted by Crippen LogP contribution is 2.29. The van der Waals surface area contributed by atoms with Gasteiger partial charge in [0.15, 0.2) is 0 Å². The van der Waals surface area contributed by atoms with Gasteiger partial charge >= 0.3 is 0 Å². The predicted octanol–water partition coefficient (Wildman–Crippen LogP) is 3.83. The van der Waals surface area contributed by atoms with Gasteiger partial charge in [-0.25, -0.2) is 8.42 Å². The Morgan fingerprint density at radius 3 is 2.36 bits per heavy atom. The lowest BCUT2D eigenvalue weighted by Gasteiger charge is -2.08. The lowest BCUT2D eigenvalue weighted by molar-refractivity contribution is 0.531. The van der Waals surface area contributed by atoms with Crippen molar-refractivity contribution < 1.29 is 8.42 Å². The van der Waals surface area contributed by atoms with Gasteiger partial charge in [-0.2, -0.15) is 5.10 Å². The molecule has 3 aromatic rings. The SMILES string of the molecule is CC(C)n1ccc(/C(=C\c2ccccn2)S(=O)(=O)c2ccccc2)n1. The van der Waals surface area contributed by atoms with Gasteiger partial charge < -0.3 is 0 Å². The van der Waals surface area contributed by atoms with Crippen LogP contribution in [0.15, 0.2) is 71.9 Å². The third-order valence-electron chi connectivity index (χ3n) is 3.70. The average Bonchev–Trinajstić information content (AvgIpc) is 3.11. The number of rotatable bonds is 5. The number of benzene rings is 1. The summed E-state index contributed by atoms with van der Waals surface area (Å²) in [5.74, 6) is 0. The van der Waals surface area contributed by atoms with Crippen molar-refractivity contribution in [3.8, 4) is 0 Å². The molecule has 2 heterocycles. The van der Waals surface area contributed by atoms with Gasteiger partial charge in [0.1, 0.15) is 10.6 Å². The molecule has 3 rings (SSSR count). The van der Waals surface area contributed by atoms with Crippen LogP contribution in [0, 0.1) is 0 Å². The molecule has 0 saturated carbocycles. The fourth-order valence-corrected chi connectivity index (χ4v) is 3.80. The first-order valence-electron chi connectivity index (χ1n) is 7.97. The highest BCUT2D eigenvalue weighted by molar-refractivity contribution is 8.00. The summed E-state index contributed by atoms with van der Waals surface area (Å²) in [7, 11) is -3.72. The number of pyridine rings is 1. The van der Waals surface area contributed by atoms with E-state index in [1.54, 1.807) is 71.7 Å². The number of hydrogen-bond donors (Lipinski definition) is 0. The molecule has 0 bridgehead atoms. The standard InChI is InChI=1S/C19H19N3O2S/c1-15(2)22-13-11-18(21-22)19(14-16-8-6-7-12-20-16)25(23,24)17-9-4-3-5-10-17/h3-15H,1-2H3/b19-14+. The van der Waals surface area contributed by atoms with Crippen LogP contribution in [0.5, 0.6) is 0 Å². The lowest BCUT2D eigenvalue weighted by atomic mass is 10.3. The Morgan fingerprint density at radius 2 is 1.76 bits per heavy atom. The zero-order valence-electron chi connectivity index (χ0n) is 14.1. The Balaban J connectivity index is 2.17.